The molecule has 0 radical (unpaired) electrons. The molecule has 21 heavy (non-hydrogen) atoms. The van der Waals surface area contributed by atoms with E-state index in [2.05, 4.69) is 16.3 Å². The highest BCUT2D eigenvalue weighted by atomic mass is 16.6. The lowest BCUT2D eigenvalue weighted by Gasteiger charge is -2.12. The Morgan fingerprint density at radius 2 is 2.10 bits per heavy atom. The average molecular weight is 287 g/mol. The van der Waals surface area contributed by atoms with Crippen LogP contribution in [0.15, 0.2) is 40.7 Å². The van der Waals surface area contributed by atoms with Gasteiger partial charge in [0.1, 0.15) is 5.69 Å². The zero-order valence-electron chi connectivity index (χ0n) is 13.1. The number of benzene rings is 1. The number of aryl methyl sites for hydroxylation is 1. The highest BCUT2D eigenvalue weighted by Crippen LogP contribution is 2.25. The van der Waals surface area contributed by atoms with Crippen LogP contribution >= 0.6 is 0 Å². The fraction of sp³-hybridized carbons (Fsp3) is 0.375. The molecule has 0 aliphatic rings. The van der Waals surface area contributed by atoms with Crippen LogP contribution in [-0.4, -0.2) is 11.1 Å². The molecule has 0 spiro atoms. The van der Waals surface area contributed by atoms with Crippen LogP contribution in [0.2, 0.25) is 0 Å². The van der Waals surface area contributed by atoms with Crippen molar-refractivity contribution in [1.82, 2.24) is 0 Å². The molecule has 0 aliphatic heterocycles. The molecule has 0 saturated heterocycles. The quantitative estimate of drug-likeness (QED) is 0.376. The van der Waals surface area contributed by atoms with Crippen LogP contribution in [0.25, 0.3) is 0 Å². The normalized spacial score (nSPS) is 11.1. The van der Waals surface area contributed by atoms with E-state index in [1.807, 2.05) is 40.7 Å². The summed E-state index contributed by atoms with van der Waals surface area (Å²) >= 11 is 0. The predicted molar refractivity (Wildman–Crippen MR) is 86.7 cm³/mol. The van der Waals surface area contributed by atoms with Crippen LogP contribution in [0.3, 0.4) is 0 Å². The Morgan fingerprint density at radius 1 is 1.43 bits per heavy atom. The molecule has 0 bridgehead atoms. The van der Waals surface area contributed by atoms with Crippen molar-refractivity contribution in [2.24, 2.45) is 10.5 Å². The zero-order chi connectivity index (χ0) is 16.0. The minimum Gasteiger partial charge on any atom is -0.272 e. The van der Waals surface area contributed by atoms with E-state index in [0.29, 0.717) is 5.69 Å². The Hall–Kier alpha value is -2.39. The second-order valence-corrected chi connectivity index (χ2v) is 5.76. The lowest BCUT2D eigenvalue weighted by atomic mass is 9.95. The average Bonchev–Trinajstić information content (AvgIpc) is 2.38. The summed E-state index contributed by atoms with van der Waals surface area (Å²) < 4.78 is 0. The van der Waals surface area contributed by atoms with Gasteiger partial charge in [0.25, 0.3) is 5.69 Å². The maximum Gasteiger partial charge on any atom is 0.294 e. The van der Waals surface area contributed by atoms with Gasteiger partial charge in [0.15, 0.2) is 0 Å². The van der Waals surface area contributed by atoms with Crippen LogP contribution in [0.1, 0.15) is 33.3 Å². The van der Waals surface area contributed by atoms with Gasteiger partial charge < -0.3 is 0 Å². The first-order valence-electron chi connectivity index (χ1n) is 6.67. The molecule has 112 valence electrons. The summed E-state index contributed by atoms with van der Waals surface area (Å²) in [5, 5.41) is 15.1. The van der Waals surface area contributed by atoms with E-state index in [9.17, 15) is 10.1 Å². The van der Waals surface area contributed by atoms with Gasteiger partial charge in [0.05, 0.1) is 4.92 Å². The second-order valence-electron chi connectivity index (χ2n) is 5.76. The summed E-state index contributed by atoms with van der Waals surface area (Å²) in [6, 6.07) is 4.98. The Kier molecular flexibility index (Phi) is 5.44. The van der Waals surface area contributed by atoms with Gasteiger partial charge in [-0.15, -0.1) is 5.73 Å². The number of hydrogen-bond donors (Lipinski definition) is 1. The molecule has 5 nitrogen and oxygen atoms in total. The molecule has 1 aromatic rings. The van der Waals surface area contributed by atoms with Crippen LogP contribution in [0.4, 0.5) is 11.4 Å². The van der Waals surface area contributed by atoms with Gasteiger partial charge in [-0.25, -0.2) is 0 Å². The molecule has 0 amide bonds. The van der Waals surface area contributed by atoms with E-state index < -0.39 is 4.92 Å². The molecule has 0 fully saturated rings. The molecule has 0 aliphatic carbocycles. The van der Waals surface area contributed by atoms with Crippen LogP contribution in [0.5, 0.6) is 0 Å². The Bertz CT molecular complexity index is 620. The number of anilines is 1. The smallest absolute Gasteiger partial charge is 0.272 e. The number of nitrogens with zero attached hydrogens (tertiary/aromatic N) is 2. The van der Waals surface area contributed by atoms with Crippen molar-refractivity contribution in [1.29, 1.82) is 0 Å². The Morgan fingerprint density at radius 3 is 2.67 bits per heavy atom. The SMILES string of the molecule is CC(C)=C=CC(C)(C)C=NNc1ccc(C)cc1[N+](=O)[O-]. The number of nitro benzene ring substituents is 1. The van der Waals surface area contributed by atoms with Crippen LogP contribution in [0, 0.1) is 22.5 Å². The number of allylic oxidation sites excluding steroid dienone is 1. The largest absolute Gasteiger partial charge is 0.294 e. The minimum absolute atomic E-state index is 0.0183. The number of hydrazone groups is 1. The molecular weight excluding hydrogens is 266 g/mol. The molecule has 1 N–H and O–H groups in total. The van der Waals surface area contributed by atoms with Crippen molar-refractivity contribution in [3.8, 4) is 0 Å². The summed E-state index contributed by atoms with van der Waals surface area (Å²) in [6.07, 6.45) is 3.61. The molecule has 5 heteroatoms. The third-order valence-electron chi connectivity index (χ3n) is 2.67. The summed E-state index contributed by atoms with van der Waals surface area (Å²) in [5.74, 6) is 0. The summed E-state index contributed by atoms with van der Waals surface area (Å²) in [4.78, 5) is 10.6. The van der Waals surface area contributed by atoms with Crippen molar-refractivity contribution in [2.45, 2.75) is 34.6 Å². The number of hydrogen-bond acceptors (Lipinski definition) is 4. The number of nitrogens with one attached hydrogen (secondary N) is 1. The van der Waals surface area contributed by atoms with Gasteiger partial charge in [-0.1, -0.05) is 19.9 Å². The lowest BCUT2D eigenvalue weighted by molar-refractivity contribution is -0.384. The third-order valence-corrected chi connectivity index (χ3v) is 2.67. The molecular formula is C16H21N3O2. The zero-order valence-corrected chi connectivity index (χ0v) is 13.1. The third kappa shape index (κ3) is 5.63. The molecule has 1 aromatic carbocycles. The van der Waals surface area contributed by atoms with Crippen molar-refractivity contribution < 1.29 is 4.92 Å². The number of nitro groups is 1. The molecule has 0 heterocycles. The first-order valence-corrected chi connectivity index (χ1v) is 6.67. The topological polar surface area (TPSA) is 67.5 Å². The van der Waals surface area contributed by atoms with E-state index in [1.54, 1.807) is 18.3 Å². The van der Waals surface area contributed by atoms with Crippen LogP contribution < -0.4 is 5.43 Å². The van der Waals surface area contributed by atoms with E-state index in [0.717, 1.165) is 11.1 Å². The summed E-state index contributed by atoms with van der Waals surface area (Å²) in [5.41, 5.74) is 7.90. The Labute approximate surface area is 125 Å². The highest BCUT2D eigenvalue weighted by molar-refractivity contribution is 5.70. The van der Waals surface area contributed by atoms with E-state index in [1.165, 1.54) is 6.07 Å². The maximum atomic E-state index is 11.0. The van der Waals surface area contributed by atoms with Gasteiger partial charge in [-0.2, -0.15) is 5.10 Å². The highest BCUT2D eigenvalue weighted by Gasteiger charge is 2.14. The second kappa shape index (κ2) is 6.86. The van der Waals surface area contributed by atoms with Gasteiger partial charge in [-0.3, -0.25) is 15.5 Å². The molecule has 0 atom stereocenters. The minimum atomic E-state index is -0.418. The molecule has 0 aromatic heterocycles. The van der Waals surface area contributed by atoms with Gasteiger partial charge in [-0.05, 0) is 44.1 Å². The fourth-order valence-corrected chi connectivity index (χ4v) is 1.52. The van der Waals surface area contributed by atoms with Crippen LogP contribution in [-0.2, 0) is 0 Å². The predicted octanol–water partition coefficient (Wildman–Crippen LogP) is 4.45. The Balaban J connectivity index is 2.91. The molecule has 1 rings (SSSR count). The van der Waals surface area contributed by atoms with Gasteiger partial charge in [0.2, 0.25) is 0 Å². The number of rotatable bonds is 5. The summed E-state index contributed by atoms with van der Waals surface area (Å²) in [6.45, 7) is 9.72. The van der Waals surface area contributed by atoms with Crippen molar-refractivity contribution >= 4 is 17.6 Å². The van der Waals surface area contributed by atoms with Gasteiger partial charge >= 0.3 is 0 Å². The standard InChI is InChI=1S/C16H21N3O2/c1-12(2)8-9-16(4,5)11-17-18-14-7-6-13(3)10-15(14)19(20)21/h6-7,9-11,18H,1-5H3. The fourth-order valence-electron chi connectivity index (χ4n) is 1.52. The van der Waals surface area contributed by atoms with Crippen molar-refractivity contribution in [2.75, 3.05) is 5.43 Å². The van der Waals surface area contributed by atoms with Crippen molar-refractivity contribution in [3.63, 3.8) is 0 Å². The van der Waals surface area contributed by atoms with Crippen molar-refractivity contribution in [3.05, 3.63) is 51.3 Å². The monoisotopic (exact) mass is 287 g/mol. The van der Waals surface area contributed by atoms with E-state index in [-0.39, 0.29) is 11.1 Å². The van der Waals surface area contributed by atoms with E-state index >= 15 is 0 Å². The van der Waals surface area contributed by atoms with E-state index in [4.69, 9.17) is 0 Å². The lowest BCUT2D eigenvalue weighted by Crippen LogP contribution is -2.10. The first kappa shape index (κ1) is 16.7. The van der Waals surface area contributed by atoms with Gasteiger partial charge in [0, 0.05) is 17.7 Å². The first-order chi connectivity index (χ1) is 9.71. The molecule has 0 unspecified atom stereocenters. The summed E-state index contributed by atoms with van der Waals surface area (Å²) in [7, 11) is 0. The maximum absolute atomic E-state index is 11.0. The molecule has 0 saturated carbocycles.